The third-order valence-electron chi connectivity index (χ3n) is 3.93. The molecule has 1 fully saturated rings. The zero-order valence-electron chi connectivity index (χ0n) is 12.4. The van der Waals surface area contributed by atoms with Gasteiger partial charge in [0.1, 0.15) is 0 Å². The predicted molar refractivity (Wildman–Crippen MR) is 76.9 cm³/mol. The van der Waals surface area contributed by atoms with Gasteiger partial charge in [-0.05, 0) is 31.0 Å². The fourth-order valence-electron chi connectivity index (χ4n) is 2.60. The molecule has 1 aliphatic rings. The van der Waals surface area contributed by atoms with Gasteiger partial charge in [-0.25, -0.2) is 8.78 Å². The van der Waals surface area contributed by atoms with Crippen molar-refractivity contribution in [3.8, 4) is 0 Å². The van der Waals surface area contributed by atoms with Crippen LogP contribution in [-0.4, -0.2) is 40.8 Å². The van der Waals surface area contributed by atoms with E-state index in [0.29, 0.717) is 19.4 Å². The molecule has 1 amide bonds. The SMILES string of the molecule is O=C(CCC(=O)N1CCCC(C(=O)O)C1)c1ccc(F)c(F)c1. The molecular weight excluding hydrogens is 308 g/mol. The Kier molecular flexibility index (Phi) is 5.41. The van der Waals surface area contributed by atoms with Gasteiger partial charge < -0.3 is 10.0 Å². The highest BCUT2D eigenvalue weighted by Crippen LogP contribution is 2.18. The molecule has 0 bridgehead atoms. The number of amides is 1. The van der Waals surface area contributed by atoms with E-state index in [1.165, 1.54) is 11.0 Å². The van der Waals surface area contributed by atoms with Gasteiger partial charge in [0.2, 0.25) is 5.91 Å². The lowest BCUT2D eigenvalue weighted by atomic mass is 9.97. The number of halogens is 2. The Morgan fingerprint density at radius 1 is 1.17 bits per heavy atom. The molecular formula is C16H17F2NO4. The molecule has 0 saturated carbocycles. The Morgan fingerprint density at radius 3 is 2.57 bits per heavy atom. The van der Waals surface area contributed by atoms with Crippen molar-refractivity contribution >= 4 is 17.7 Å². The number of hydrogen-bond acceptors (Lipinski definition) is 3. The summed E-state index contributed by atoms with van der Waals surface area (Å²) in [7, 11) is 0. The van der Waals surface area contributed by atoms with E-state index in [0.717, 1.165) is 12.1 Å². The number of carbonyl (C=O) groups excluding carboxylic acids is 2. The van der Waals surface area contributed by atoms with Crippen LogP contribution in [-0.2, 0) is 9.59 Å². The Bertz CT molecular complexity index is 633. The van der Waals surface area contributed by atoms with Gasteiger partial charge in [-0.15, -0.1) is 0 Å². The Balaban J connectivity index is 1.89. The molecule has 1 atom stereocenters. The lowest BCUT2D eigenvalue weighted by Crippen LogP contribution is -2.42. The van der Waals surface area contributed by atoms with Crippen LogP contribution in [0, 0.1) is 17.6 Å². The summed E-state index contributed by atoms with van der Waals surface area (Å²) in [6, 6.07) is 2.85. The summed E-state index contributed by atoms with van der Waals surface area (Å²) in [6.07, 6.45) is 0.940. The molecule has 7 heteroatoms. The van der Waals surface area contributed by atoms with Gasteiger partial charge >= 0.3 is 5.97 Å². The number of benzene rings is 1. The highest BCUT2D eigenvalue weighted by Gasteiger charge is 2.28. The molecule has 23 heavy (non-hydrogen) atoms. The number of rotatable bonds is 5. The first-order chi connectivity index (χ1) is 10.9. The lowest BCUT2D eigenvalue weighted by Gasteiger charge is -2.30. The molecule has 0 radical (unpaired) electrons. The van der Waals surface area contributed by atoms with Gasteiger partial charge in [-0.2, -0.15) is 0 Å². The van der Waals surface area contributed by atoms with E-state index in [1.54, 1.807) is 0 Å². The molecule has 1 heterocycles. The first-order valence-electron chi connectivity index (χ1n) is 7.37. The second-order valence-corrected chi connectivity index (χ2v) is 5.57. The average Bonchev–Trinajstić information content (AvgIpc) is 2.54. The van der Waals surface area contributed by atoms with Crippen molar-refractivity contribution in [2.75, 3.05) is 13.1 Å². The number of carboxylic acids is 1. The lowest BCUT2D eigenvalue weighted by molar-refractivity contribution is -0.145. The third kappa shape index (κ3) is 4.34. The molecule has 2 rings (SSSR count). The zero-order chi connectivity index (χ0) is 17.0. The number of carboxylic acid groups (broad SMARTS) is 1. The van der Waals surface area contributed by atoms with Crippen molar-refractivity contribution in [2.45, 2.75) is 25.7 Å². The maximum absolute atomic E-state index is 13.1. The summed E-state index contributed by atoms with van der Waals surface area (Å²) in [5.74, 6) is -4.40. The fourth-order valence-corrected chi connectivity index (χ4v) is 2.60. The quantitative estimate of drug-likeness (QED) is 0.843. The summed E-state index contributed by atoms with van der Waals surface area (Å²) in [6.45, 7) is 0.621. The highest BCUT2D eigenvalue weighted by atomic mass is 19.2. The highest BCUT2D eigenvalue weighted by molar-refractivity contribution is 5.98. The monoisotopic (exact) mass is 325 g/mol. The minimum absolute atomic E-state index is 0.0127. The summed E-state index contributed by atoms with van der Waals surface area (Å²) < 4.78 is 25.9. The van der Waals surface area contributed by atoms with Gasteiger partial charge in [0.15, 0.2) is 17.4 Å². The molecule has 1 aliphatic heterocycles. The van der Waals surface area contributed by atoms with Crippen molar-refractivity contribution in [2.24, 2.45) is 5.92 Å². The first kappa shape index (κ1) is 17.1. The van der Waals surface area contributed by atoms with Crippen molar-refractivity contribution in [3.05, 3.63) is 35.4 Å². The molecule has 5 nitrogen and oxygen atoms in total. The smallest absolute Gasteiger partial charge is 0.308 e. The number of hydrogen-bond donors (Lipinski definition) is 1. The summed E-state index contributed by atoms with van der Waals surface area (Å²) in [5.41, 5.74) is 0.0127. The van der Waals surface area contributed by atoms with Crippen LogP contribution in [0.5, 0.6) is 0 Å². The molecule has 124 valence electrons. The summed E-state index contributed by atoms with van der Waals surface area (Å²) >= 11 is 0. The van der Waals surface area contributed by atoms with E-state index in [-0.39, 0.29) is 30.9 Å². The second-order valence-electron chi connectivity index (χ2n) is 5.57. The van der Waals surface area contributed by atoms with Crippen molar-refractivity contribution in [1.82, 2.24) is 4.90 Å². The van der Waals surface area contributed by atoms with Crippen LogP contribution in [0.4, 0.5) is 8.78 Å². The molecule has 0 aromatic heterocycles. The minimum atomic E-state index is -1.11. The molecule has 0 spiro atoms. The summed E-state index contributed by atoms with van der Waals surface area (Å²) in [4.78, 5) is 36.4. The zero-order valence-corrected chi connectivity index (χ0v) is 12.4. The van der Waals surface area contributed by atoms with Crippen LogP contribution in [0.15, 0.2) is 18.2 Å². The second kappa shape index (κ2) is 7.30. The number of piperidine rings is 1. The fraction of sp³-hybridized carbons (Fsp3) is 0.438. The topological polar surface area (TPSA) is 74.7 Å². The molecule has 1 N–H and O–H groups in total. The largest absolute Gasteiger partial charge is 0.481 e. The normalized spacial score (nSPS) is 17.8. The third-order valence-corrected chi connectivity index (χ3v) is 3.93. The van der Waals surface area contributed by atoms with Gasteiger partial charge in [0, 0.05) is 31.5 Å². The van der Waals surface area contributed by atoms with E-state index in [4.69, 9.17) is 5.11 Å². The maximum atomic E-state index is 13.1. The van der Waals surface area contributed by atoms with Crippen molar-refractivity contribution < 1.29 is 28.3 Å². The van der Waals surface area contributed by atoms with Crippen LogP contribution in [0.25, 0.3) is 0 Å². The first-order valence-corrected chi connectivity index (χ1v) is 7.37. The number of nitrogens with zero attached hydrogens (tertiary/aromatic N) is 1. The van der Waals surface area contributed by atoms with Gasteiger partial charge in [0.05, 0.1) is 5.92 Å². The average molecular weight is 325 g/mol. The van der Waals surface area contributed by atoms with E-state index >= 15 is 0 Å². The standard InChI is InChI=1S/C16H17F2NO4/c17-12-4-3-10(8-13(12)18)14(20)5-6-15(21)19-7-1-2-11(9-19)16(22)23/h3-4,8,11H,1-2,5-7,9H2,(H,22,23). The molecule has 0 aliphatic carbocycles. The van der Waals surface area contributed by atoms with Crippen LogP contribution < -0.4 is 0 Å². The van der Waals surface area contributed by atoms with Crippen LogP contribution in [0.3, 0.4) is 0 Å². The molecule has 1 aromatic carbocycles. The number of Topliss-reactive ketones (excluding diaryl/α,β-unsaturated/α-hetero) is 1. The van der Waals surface area contributed by atoms with E-state index in [9.17, 15) is 23.2 Å². The maximum Gasteiger partial charge on any atom is 0.308 e. The number of likely N-dealkylation sites (tertiary alicyclic amines) is 1. The van der Waals surface area contributed by atoms with Crippen LogP contribution >= 0.6 is 0 Å². The number of ketones is 1. The molecule has 1 unspecified atom stereocenters. The Hall–Kier alpha value is -2.31. The summed E-state index contributed by atoms with van der Waals surface area (Å²) in [5, 5.41) is 8.99. The predicted octanol–water partition coefficient (Wildman–Crippen LogP) is 2.25. The number of aliphatic carboxylic acids is 1. The molecule has 1 saturated heterocycles. The minimum Gasteiger partial charge on any atom is -0.481 e. The van der Waals surface area contributed by atoms with E-state index < -0.39 is 29.3 Å². The van der Waals surface area contributed by atoms with Gasteiger partial charge in [-0.1, -0.05) is 0 Å². The van der Waals surface area contributed by atoms with E-state index in [1.807, 2.05) is 0 Å². The Labute approximate surface area is 131 Å². The Morgan fingerprint density at radius 2 is 1.91 bits per heavy atom. The van der Waals surface area contributed by atoms with E-state index in [2.05, 4.69) is 0 Å². The van der Waals surface area contributed by atoms with Crippen molar-refractivity contribution in [3.63, 3.8) is 0 Å². The molecule has 1 aromatic rings. The van der Waals surface area contributed by atoms with Crippen LogP contribution in [0.1, 0.15) is 36.0 Å². The number of carbonyl (C=O) groups is 3. The van der Waals surface area contributed by atoms with Crippen LogP contribution in [0.2, 0.25) is 0 Å². The van der Waals surface area contributed by atoms with Gasteiger partial charge in [0.25, 0.3) is 0 Å². The van der Waals surface area contributed by atoms with Crippen molar-refractivity contribution in [1.29, 1.82) is 0 Å². The van der Waals surface area contributed by atoms with Gasteiger partial charge in [-0.3, -0.25) is 14.4 Å².